The van der Waals surface area contributed by atoms with Crippen LogP contribution in [-0.2, 0) is 48.6 Å². The maximum absolute atomic E-state index is 0. The summed E-state index contributed by atoms with van der Waals surface area (Å²) in [5, 5.41) is 0. The second-order valence-electron chi connectivity index (χ2n) is 0. The fraction of sp³-hybridized carbons (Fsp3) is 0. The van der Waals surface area contributed by atoms with Crippen molar-refractivity contribution >= 4 is 71.9 Å². The van der Waals surface area contributed by atoms with E-state index in [-0.39, 0.29) is 132 Å². The summed E-state index contributed by atoms with van der Waals surface area (Å²) in [5.41, 5.74) is 0. The number of hydrogen-bond donors (Lipinski definition) is 0. The van der Waals surface area contributed by atoms with Crippen LogP contribution < -0.4 is 0 Å². The summed E-state index contributed by atoms with van der Waals surface area (Å²) in [5.74, 6) is 0. The van der Waals surface area contributed by atoms with E-state index in [2.05, 4.69) is 0 Å². The zero-order valence-electron chi connectivity index (χ0n) is 6.86. The summed E-state index contributed by atoms with van der Waals surface area (Å²) in [6.45, 7) is 0. The molecule has 1 radical (unpaired) electrons. The van der Waals surface area contributed by atoms with Crippen molar-refractivity contribution in [2.24, 2.45) is 0 Å². The molecule has 0 bridgehead atoms. The van der Waals surface area contributed by atoms with Crippen LogP contribution in [0.25, 0.3) is 0 Å². The summed E-state index contributed by atoms with van der Waals surface area (Å²) >= 11 is 0. The van der Waals surface area contributed by atoms with Gasteiger partial charge in [-0.25, -0.2) is 0 Å². The Hall–Kier alpha value is 3.92. The molecule has 0 aromatic carbocycles. The SMILES string of the molecule is O.[Ba+2].[H-].[H-].[H-].[H-].[Mg+2].[Ta].[Zr]. The molecule has 0 atom stereocenters. The summed E-state index contributed by atoms with van der Waals surface area (Å²) in [6.07, 6.45) is 0. The Kier molecular flexibility index (Phi) is 180. The molecule has 0 amide bonds. The fourth-order valence-corrected chi connectivity index (χ4v) is 0. The van der Waals surface area contributed by atoms with Gasteiger partial charge >= 0.3 is 71.9 Å². The predicted molar refractivity (Wildman–Crippen MR) is 19.6 cm³/mol. The van der Waals surface area contributed by atoms with Gasteiger partial charge in [-0.1, -0.05) is 0 Å². The second-order valence-corrected chi connectivity index (χ2v) is 0. The molecular formula is H6BaMgOTaZr. The van der Waals surface area contributed by atoms with Gasteiger partial charge < -0.3 is 11.2 Å². The third-order valence-corrected chi connectivity index (χ3v) is 0. The largest absolute Gasteiger partial charge is 2.00 e. The van der Waals surface area contributed by atoms with Gasteiger partial charge in [0.2, 0.25) is 0 Å². The molecule has 2 N–H and O–H groups in total. The maximum atomic E-state index is 0. The molecule has 0 heterocycles. The zero-order valence-corrected chi connectivity index (χ0v) is 14.4. The molecule has 0 aromatic heterocycles. The van der Waals surface area contributed by atoms with Crippen molar-refractivity contribution in [1.29, 1.82) is 0 Å². The van der Waals surface area contributed by atoms with Gasteiger partial charge in [0.25, 0.3) is 0 Å². The first kappa shape index (κ1) is 36.4. The molecule has 0 saturated heterocycles. The summed E-state index contributed by atoms with van der Waals surface area (Å²) < 4.78 is 0. The molecule has 1 nitrogen and oxygen atoms in total. The van der Waals surface area contributed by atoms with E-state index in [1.165, 1.54) is 0 Å². The quantitative estimate of drug-likeness (QED) is 0.414. The third-order valence-electron chi connectivity index (χ3n) is 0. The standard InChI is InChI=1S/Ba.Mg.H2O.Ta.Zr.4H/h;;1H2;;;;;;/q2*+2;;;;4*-1. The molecule has 0 aromatic rings. The van der Waals surface area contributed by atoms with Crippen molar-refractivity contribution in [1.82, 2.24) is 0 Å². The molecular weight excluding hydrogens is 450 g/mol. The summed E-state index contributed by atoms with van der Waals surface area (Å²) in [4.78, 5) is 0. The van der Waals surface area contributed by atoms with Crippen LogP contribution in [0.3, 0.4) is 0 Å². The zero-order chi connectivity index (χ0) is 0. The van der Waals surface area contributed by atoms with Crippen molar-refractivity contribution < 1.29 is 59.8 Å². The molecule has 25 valence electrons. The first-order chi connectivity index (χ1) is 0. The van der Waals surface area contributed by atoms with Gasteiger partial charge in [-0.15, -0.1) is 0 Å². The molecule has 0 aliphatic rings. The smallest absolute Gasteiger partial charge is 1.00 e. The number of hydrogen-bond acceptors (Lipinski definition) is 0. The summed E-state index contributed by atoms with van der Waals surface area (Å²) in [7, 11) is 0. The molecule has 0 unspecified atom stereocenters. The van der Waals surface area contributed by atoms with Crippen LogP contribution in [0.1, 0.15) is 5.71 Å². The predicted octanol–water partition coefficient (Wildman–Crippen LogP) is -1.14. The van der Waals surface area contributed by atoms with Crippen molar-refractivity contribution in [3.8, 4) is 0 Å². The van der Waals surface area contributed by atoms with Crippen molar-refractivity contribution in [2.75, 3.05) is 0 Å². The summed E-state index contributed by atoms with van der Waals surface area (Å²) in [6, 6.07) is 0. The van der Waals surface area contributed by atoms with E-state index in [1.807, 2.05) is 0 Å². The van der Waals surface area contributed by atoms with Gasteiger partial charge in [-0.05, 0) is 0 Å². The normalized spacial score (nSPS) is 0. The molecule has 0 spiro atoms. The number of rotatable bonds is 0. The Balaban J connectivity index is 0. The molecule has 0 fully saturated rings. The van der Waals surface area contributed by atoms with E-state index in [0.29, 0.717) is 0 Å². The van der Waals surface area contributed by atoms with E-state index >= 15 is 0 Å². The molecule has 0 aliphatic carbocycles. The molecule has 5 heavy (non-hydrogen) atoms. The first-order valence-corrected chi connectivity index (χ1v) is 0. The van der Waals surface area contributed by atoms with E-state index < -0.39 is 0 Å². The van der Waals surface area contributed by atoms with Gasteiger partial charge in [0.1, 0.15) is 0 Å². The molecule has 5 heteroatoms. The minimum absolute atomic E-state index is 0. The van der Waals surface area contributed by atoms with E-state index in [4.69, 9.17) is 0 Å². The minimum atomic E-state index is 0. The third kappa shape index (κ3) is 18.1. The topological polar surface area (TPSA) is 31.5 Å². The van der Waals surface area contributed by atoms with Gasteiger partial charge in [0, 0.05) is 48.6 Å². The van der Waals surface area contributed by atoms with Gasteiger partial charge in [0.15, 0.2) is 0 Å². The first-order valence-electron chi connectivity index (χ1n) is 0. The van der Waals surface area contributed by atoms with E-state index in [1.54, 1.807) is 0 Å². The average Bonchev–Trinajstić information content (AvgIpc) is 0. The van der Waals surface area contributed by atoms with Crippen LogP contribution in [0.2, 0.25) is 0 Å². The van der Waals surface area contributed by atoms with Crippen LogP contribution >= 0.6 is 0 Å². The van der Waals surface area contributed by atoms with Crippen LogP contribution in [0.15, 0.2) is 0 Å². The Morgan fingerprint density at radius 3 is 1.20 bits per heavy atom. The maximum Gasteiger partial charge on any atom is 2.00 e. The Labute approximate surface area is 129 Å². The minimum Gasteiger partial charge on any atom is -1.00 e. The van der Waals surface area contributed by atoms with Gasteiger partial charge in [0.05, 0.1) is 0 Å². The second kappa shape index (κ2) is 24.7. The van der Waals surface area contributed by atoms with E-state index in [9.17, 15) is 0 Å². The van der Waals surface area contributed by atoms with Crippen LogP contribution in [-0.4, -0.2) is 77.4 Å². The average molecular weight is 456 g/mol. The van der Waals surface area contributed by atoms with E-state index in [0.717, 1.165) is 0 Å². The van der Waals surface area contributed by atoms with Crippen LogP contribution in [0.4, 0.5) is 0 Å². The van der Waals surface area contributed by atoms with Gasteiger partial charge in [-0.2, -0.15) is 0 Å². The van der Waals surface area contributed by atoms with Crippen molar-refractivity contribution in [3.63, 3.8) is 0 Å². The van der Waals surface area contributed by atoms with Crippen molar-refractivity contribution in [2.45, 2.75) is 0 Å². The van der Waals surface area contributed by atoms with Crippen molar-refractivity contribution in [3.05, 3.63) is 0 Å². The monoisotopic (exact) mass is 455 g/mol. The molecule has 0 saturated carbocycles. The van der Waals surface area contributed by atoms with Crippen LogP contribution in [0, 0.1) is 0 Å². The molecule has 0 rings (SSSR count). The van der Waals surface area contributed by atoms with Gasteiger partial charge in [-0.3, -0.25) is 0 Å². The fourth-order valence-electron chi connectivity index (χ4n) is 0. The Bertz CT molecular complexity index is 20.5. The Morgan fingerprint density at radius 1 is 1.20 bits per heavy atom. The van der Waals surface area contributed by atoms with Crippen LogP contribution in [0.5, 0.6) is 0 Å². The Morgan fingerprint density at radius 2 is 1.20 bits per heavy atom. The molecule has 0 aliphatic heterocycles.